The molecule has 0 heterocycles. The molecule has 1 rings (SSSR count). The number of nitrogen functional groups attached to an aromatic ring is 1. The van der Waals surface area contributed by atoms with Crippen molar-refractivity contribution in [1.82, 2.24) is 0 Å². The van der Waals surface area contributed by atoms with Crippen LogP contribution in [0.3, 0.4) is 0 Å². The third-order valence-electron chi connectivity index (χ3n) is 2.00. The normalized spacial score (nSPS) is 10.1. The molecule has 2 N–H and O–H groups in total. The lowest BCUT2D eigenvalue weighted by molar-refractivity contribution is 0.0335. The molecule has 0 spiro atoms. The first-order chi connectivity index (χ1) is 7.63. The van der Waals surface area contributed by atoms with Gasteiger partial charge < -0.3 is 15.2 Å². The fourth-order valence-corrected chi connectivity index (χ4v) is 1.35. The molecule has 0 amide bonds. The molecule has 0 saturated carbocycles. The third kappa shape index (κ3) is 3.90. The first kappa shape index (κ1) is 12.5. The van der Waals surface area contributed by atoms with E-state index in [0.717, 1.165) is 5.56 Å². The largest absolute Gasteiger partial charge is 0.460 e. The fourth-order valence-electron chi connectivity index (χ4n) is 1.35. The monoisotopic (exact) mass is 223 g/mol. The van der Waals surface area contributed by atoms with Crippen molar-refractivity contribution < 1.29 is 14.3 Å². The minimum atomic E-state index is -0.366. The molecule has 0 atom stereocenters. The van der Waals surface area contributed by atoms with Gasteiger partial charge in [0.2, 0.25) is 0 Å². The van der Waals surface area contributed by atoms with Gasteiger partial charge in [-0.15, -0.1) is 0 Å². The van der Waals surface area contributed by atoms with E-state index in [-0.39, 0.29) is 12.6 Å². The number of benzene rings is 1. The van der Waals surface area contributed by atoms with Crippen molar-refractivity contribution in [1.29, 1.82) is 0 Å². The van der Waals surface area contributed by atoms with E-state index >= 15 is 0 Å². The van der Waals surface area contributed by atoms with Crippen LogP contribution in [0.4, 0.5) is 5.69 Å². The summed E-state index contributed by atoms with van der Waals surface area (Å²) < 4.78 is 10.1. The zero-order valence-electron chi connectivity index (χ0n) is 9.66. The zero-order chi connectivity index (χ0) is 12.0. The second-order valence-electron chi connectivity index (χ2n) is 3.47. The number of anilines is 1. The van der Waals surface area contributed by atoms with Crippen LogP contribution in [0.15, 0.2) is 18.2 Å². The van der Waals surface area contributed by atoms with E-state index < -0.39 is 0 Å². The van der Waals surface area contributed by atoms with E-state index in [0.29, 0.717) is 24.5 Å². The molecule has 1 aromatic carbocycles. The predicted octanol–water partition coefficient (Wildman–Crippen LogP) is 1.77. The Labute approximate surface area is 95.3 Å². The van der Waals surface area contributed by atoms with E-state index in [1.54, 1.807) is 18.2 Å². The molecule has 0 aromatic heterocycles. The van der Waals surface area contributed by atoms with Crippen molar-refractivity contribution in [3.63, 3.8) is 0 Å². The van der Waals surface area contributed by atoms with Crippen LogP contribution in [0.5, 0.6) is 0 Å². The average Bonchev–Trinajstić information content (AvgIpc) is 2.22. The maximum absolute atomic E-state index is 11.6. The number of hydrogen-bond donors (Lipinski definition) is 1. The zero-order valence-corrected chi connectivity index (χ0v) is 9.66. The quantitative estimate of drug-likeness (QED) is 0.469. The van der Waals surface area contributed by atoms with Crippen molar-refractivity contribution in [3.8, 4) is 0 Å². The van der Waals surface area contributed by atoms with Gasteiger partial charge >= 0.3 is 5.97 Å². The number of hydrogen-bond acceptors (Lipinski definition) is 4. The highest BCUT2D eigenvalue weighted by Crippen LogP contribution is 2.12. The number of carbonyl (C=O) groups is 1. The predicted molar refractivity (Wildman–Crippen MR) is 62.4 cm³/mol. The minimum Gasteiger partial charge on any atom is -0.460 e. The van der Waals surface area contributed by atoms with Gasteiger partial charge in [0.1, 0.15) is 6.61 Å². The highest BCUT2D eigenvalue weighted by Gasteiger charge is 2.07. The summed E-state index contributed by atoms with van der Waals surface area (Å²) in [6, 6.07) is 5.16. The summed E-state index contributed by atoms with van der Waals surface area (Å²) in [5.41, 5.74) is 7.63. The smallest absolute Gasteiger partial charge is 0.338 e. The van der Waals surface area contributed by atoms with Gasteiger partial charge in [0.05, 0.1) is 12.2 Å². The standard InChI is InChI=1S/C12H17NO3/c1-3-15-4-5-16-12(14)10-6-9(2)7-11(13)8-10/h6-8H,3-5,13H2,1-2H3. The van der Waals surface area contributed by atoms with Crippen molar-refractivity contribution in [2.24, 2.45) is 0 Å². The average molecular weight is 223 g/mol. The van der Waals surface area contributed by atoms with Gasteiger partial charge in [-0.2, -0.15) is 0 Å². The molecule has 1 aromatic rings. The molecule has 0 unspecified atom stereocenters. The van der Waals surface area contributed by atoms with Crippen LogP contribution in [0.2, 0.25) is 0 Å². The summed E-state index contributed by atoms with van der Waals surface area (Å²) in [6.45, 7) is 5.08. The van der Waals surface area contributed by atoms with Crippen LogP contribution in [0, 0.1) is 6.92 Å². The Kier molecular flexibility index (Phi) is 4.79. The second kappa shape index (κ2) is 6.12. The Morgan fingerprint density at radius 2 is 2.06 bits per heavy atom. The molecule has 0 fully saturated rings. The van der Waals surface area contributed by atoms with Crippen LogP contribution >= 0.6 is 0 Å². The van der Waals surface area contributed by atoms with Crippen LogP contribution in [-0.2, 0) is 9.47 Å². The third-order valence-corrected chi connectivity index (χ3v) is 2.00. The number of esters is 1. The Bertz CT molecular complexity index is 343. The van der Waals surface area contributed by atoms with Crippen LogP contribution in [0.25, 0.3) is 0 Å². The number of rotatable bonds is 5. The van der Waals surface area contributed by atoms with Crippen molar-refractivity contribution >= 4 is 11.7 Å². The molecular weight excluding hydrogens is 206 g/mol. The Balaban J connectivity index is 2.52. The van der Waals surface area contributed by atoms with E-state index in [1.807, 2.05) is 13.8 Å². The molecule has 0 saturated heterocycles. The van der Waals surface area contributed by atoms with Crippen LogP contribution < -0.4 is 5.73 Å². The highest BCUT2D eigenvalue weighted by molar-refractivity contribution is 5.90. The van der Waals surface area contributed by atoms with E-state index in [2.05, 4.69) is 0 Å². The summed E-state index contributed by atoms with van der Waals surface area (Å²) in [7, 11) is 0. The van der Waals surface area contributed by atoms with E-state index in [4.69, 9.17) is 15.2 Å². The van der Waals surface area contributed by atoms with E-state index in [9.17, 15) is 4.79 Å². The van der Waals surface area contributed by atoms with Gasteiger partial charge in [0.25, 0.3) is 0 Å². The van der Waals surface area contributed by atoms with Crippen molar-refractivity contribution in [2.75, 3.05) is 25.6 Å². The first-order valence-corrected chi connectivity index (χ1v) is 5.25. The number of nitrogens with two attached hydrogens (primary N) is 1. The van der Waals surface area contributed by atoms with Crippen LogP contribution in [0.1, 0.15) is 22.8 Å². The van der Waals surface area contributed by atoms with Crippen molar-refractivity contribution in [2.45, 2.75) is 13.8 Å². The minimum absolute atomic E-state index is 0.264. The Morgan fingerprint density at radius 1 is 1.31 bits per heavy atom. The summed E-state index contributed by atoms with van der Waals surface area (Å²) in [4.78, 5) is 11.6. The number of ether oxygens (including phenoxy) is 2. The summed E-state index contributed by atoms with van der Waals surface area (Å²) in [5, 5.41) is 0. The van der Waals surface area contributed by atoms with Gasteiger partial charge in [0.15, 0.2) is 0 Å². The number of aryl methyl sites for hydroxylation is 1. The Morgan fingerprint density at radius 3 is 2.69 bits per heavy atom. The molecule has 16 heavy (non-hydrogen) atoms. The first-order valence-electron chi connectivity index (χ1n) is 5.25. The molecule has 4 nitrogen and oxygen atoms in total. The lowest BCUT2D eigenvalue weighted by atomic mass is 10.1. The molecule has 0 aliphatic heterocycles. The lowest BCUT2D eigenvalue weighted by Gasteiger charge is -2.06. The van der Waals surface area contributed by atoms with Gasteiger partial charge in [-0.05, 0) is 37.6 Å². The Hall–Kier alpha value is -1.55. The number of carbonyl (C=O) groups excluding carboxylic acids is 1. The van der Waals surface area contributed by atoms with Crippen LogP contribution in [-0.4, -0.2) is 25.8 Å². The summed E-state index contributed by atoms with van der Waals surface area (Å²) in [5.74, 6) is -0.366. The molecule has 88 valence electrons. The van der Waals surface area contributed by atoms with Crippen molar-refractivity contribution in [3.05, 3.63) is 29.3 Å². The highest BCUT2D eigenvalue weighted by atomic mass is 16.6. The van der Waals surface area contributed by atoms with Gasteiger partial charge in [-0.25, -0.2) is 4.79 Å². The molecule has 0 aliphatic carbocycles. The molecule has 4 heteroatoms. The molecular formula is C12H17NO3. The topological polar surface area (TPSA) is 61.5 Å². The SMILES string of the molecule is CCOCCOC(=O)c1cc(C)cc(N)c1. The maximum atomic E-state index is 11.6. The van der Waals surface area contributed by atoms with Gasteiger partial charge in [-0.3, -0.25) is 0 Å². The van der Waals surface area contributed by atoms with Gasteiger partial charge in [0, 0.05) is 12.3 Å². The lowest BCUT2D eigenvalue weighted by Crippen LogP contribution is -2.11. The summed E-state index contributed by atoms with van der Waals surface area (Å²) >= 11 is 0. The molecule has 0 bridgehead atoms. The fraction of sp³-hybridized carbons (Fsp3) is 0.417. The second-order valence-corrected chi connectivity index (χ2v) is 3.47. The molecule has 0 radical (unpaired) electrons. The summed E-state index contributed by atoms with van der Waals surface area (Å²) in [6.07, 6.45) is 0. The van der Waals surface area contributed by atoms with Gasteiger partial charge in [-0.1, -0.05) is 0 Å². The molecule has 0 aliphatic rings. The van der Waals surface area contributed by atoms with E-state index in [1.165, 1.54) is 0 Å². The maximum Gasteiger partial charge on any atom is 0.338 e.